The van der Waals surface area contributed by atoms with Crippen molar-refractivity contribution in [2.75, 3.05) is 6.61 Å². The van der Waals surface area contributed by atoms with Crippen LogP contribution in [0.15, 0.2) is 116 Å². The number of nitrogens with zero attached hydrogens (tertiary/aromatic N) is 4. The minimum atomic E-state index is -2.98. The summed E-state index contributed by atoms with van der Waals surface area (Å²) in [4.78, 5) is 40.2. The summed E-state index contributed by atoms with van der Waals surface area (Å²) in [6.07, 6.45) is 2.30. The van der Waals surface area contributed by atoms with Crippen LogP contribution in [-0.2, 0) is 42.2 Å². The van der Waals surface area contributed by atoms with Crippen LogP contribution in [0.25, 0.3) is 22.3 Å². The Labute approximate surface area is 326 Å². The van der Waals surface area contributed by atoms with Crippen LogP contribution in [-0.4, -0.2) is 58.5 Å². The van der Waals surface area contributed by atoms with Crippen LogP contribution >= 0.6 is 11.6 Å². The van der Waals surface area contributed by atoms with Crippen LogP contribution in [0, 0.1) is 0 Å². The molecule has 280 valence electrons. The highest BCUT2D eigenvalue weighted by Gasteiger charge is 2.57. The van der Waals surface area contributed by atoms with E-state index >= 15 is 0 Å². The van der Waals surface area contributed by atoms with Crippen LogP contribution in [0.1, 0.15) is 50.8 Å². The fourth-order valence-electron chi connectivity index (χ4n) is 8.33. The zero-order valence-electron chi connectivity index (χ0n) is 31.2. The normalized spacial score (nSPS) is 19.2. The van der Waals surface area contributed by atoms with Crippen molar-refractivity contribution in [1.29, 1.82) is 0 Å². The number of amides is 1. The molecule has 3 atom stereocenters. The summed E-state index contributed by atoms with van der Waals surface area (Å²) >= 11 is 6.47. The van der Waals surface area contributed by atoms with E-state index < -0.39 is 32.3 Å². The van der Waals surface area contributed by atoms with Gasteiger partial charge in [0.15, 0.2) is 16.9 Å². The Morgan fingerprint density at radius 2 is 1.58 bits per heavy atom. The third kappa shape index (κ3) is 6.65. The Balaban J connectivity index is 1.17. The molecule has 3 heterocycles. The van der Waals surface area contributed by atoms with Gasteiger partial charge in [0.1, 0.15) is 18.2 Å². The lowest BCUT2D eigenvalue weighted by Crippen LogP contribution is -2.67. The van der Waals surface area contributed by atoms with Gasteiger partial charge in [-0.2, -0.15) is 0 Å². The minimum absolute atomic E-state index is 0.0406. The molecule has 2 aliphatic rings. The molecule has 1 saturated heterocycles. The number of nitrogens with one attached hydrogen (secondary N) is 1. The van der Waals surface area contributed by atoms with E-state index in [2.05, 4.69) is 89.6 Å². The number of fused-ring (bicyclic) bond motifs is 4. The predicted octanol–water partition coefficient (Wildman–Crippen LogP) is 6.32. The number of imidazole rings is 1. The van der Waals surface area contributed by atoms with Gasteiger partial charge in [-0.3, -0.25) is 14.2 Å². The average Bonchev–Trinajstić information content (AvgIpc) is 3.86. The van der Waals surface area contributed by atoms with E-state index in [9.17, 15) is 9.59 Å². The summed E-state index contributed by atoms with van der Waals surface area (Å²) in [5.74, 6) is -2.63. The molecule has 8 rings (SSSR count). The Morgan fingerprint density at radius 1 is 0.909 bits per heavy atom. The molecule has 2 aromatic heterocycles. The van der Waals surface area contributed by atoms with Gasteiger partial charge in [-0.25, -0.2) is 15.0 Å². The number of aromatic nitrogens is 4. The molecule has 0 radical (unpaired) electrons. The Morgan fingerprint density at radius 3 is 2.27 bits per heavy atom. The standard InChI is InChI=1S/C43H42ClN5O5Si/c1-28(50)53-37-24-32(25-52-55(42(2,3)4,33-14-7-5-8-15-33)34-16-9-6-10-17-34)54-43(37,49-27-47-39-40(44)45-26-46-41(39)49)48-38(51)22-29-19-20-31-23-30-13-11-12-18-35(30)36(31)21-29/h5-21,26-27,32,37H,22-25H2,1-4H3,(H,48,51)/t32-,37+,43-/m1/s1. The Kier molecular flexibility index (Phi) is 9.67. The Bertz CT molecular complexity index is 2340. The van der Waals surface area contributed by atoms with Crippen molar-refractivity contribution >= 4 is 53.3 Å². The molecule has 1 aliphatic heterocycles. The number of carbonyl (C=O) groups is 2. The summed E-state index contributed by atoms with van der Waals surface area (Å²) in [7, 11) is -2.98. The van der Waals surface area contributed by atoms with Gasteiger partial charge in [0.2, 0.25) is 5.91 Å². The zero-order chi connectivity index (χ0) is 38.4. The number of esters is 1. The maximum atomic E-state index is 14.3. The molecule has 1 amide bonds. The van der Waals surface area contributed by atoms with Crippen LogP contribution < -0.4 is 15.7 Å². The third-order valence-corrected chi connectivity index (χ3v) is 15.9. The quantitative estimate of drug-likeness (QED) is 0.0977. The number of benzene rings is 4. The van der Waals surface area contributed by atoms with E-state index in [4.69, 9.17) is 25.5 Å². The molecular weight excluding hydrogens is 730 g/mol. The summed E-state index contributed by atoms with van der Waals surface area (Å²) in [5, 5.41) is 5.23. The second-order valence-corrected chi connectivity index (χ2v) is 19.9. The monoisotopic (exact) mass is 771 g/mol. The summed E-state index contributed by atoms with van der Waals surface area (Å²) in [6.45, 7) is 8.11. The molecule has 6 aromatic rings. The minimum Gasteiger partial charge on any atom is -0.455 e. The van der Waals surface area contributed by atoms with E-state index in [1.807, 2.05) is 54.6 Å². The summed E-state index contributed by atoms with van der Waals surface area (Å²) in [5.41, 5.74) is 6.24. The van der Waals surface area contributed by atoms with Gasteiger partial charge in [0.25, 0.3) is 14.2 Å². The first-order chi connectivity index (χ1) is 26.5. The van der Waals surface area contributed by atoms with Gasteiger partial charge in [0, 0.05) is 13.3 Å². The SMILES string of the molecule is CC(=O)O[C@H]1C[C@H](CO[Si](c2ccccc2)(c2ccccc2)C(C)(C)C)O[C@]1(NC(=O)Cc1ccc2c(c1)-c1ccccc1C2)n1cnc2c(Cl)ncnc21. The molecular formula is C43H42ClN5O5Si. The predicted molar refractivity (Wildman–Crippen MR) is 213 cm³/mol. The largest absolute Gasteiger partial charge is 0.455 e. The van der Waals surface area contributed by atoms with Crippen molar-refractivity contribution in [2.24, 2.45) is 0 Å². The smallest absolute Gasteiger partial charge is 0.303 e. The lowest BCUT2D eigenvalue weighted by molar-refractivity contribution is -0.191. The summed E-state index contributed by atoms with van der Waals surface area (Å²) in [6, 6.07) is 35.1. The van der Waals surface area contributed by atoms with E-state index in [-0.39, 0.29) is 35.5 Å². The topological polar surface area (TPSA) is 117 Å². The van der Waals surface area contributed by atoms with Crippen LogP contribution in [0.4, 0.5) is 0 Å². The number of halogens is 1. The molecule has 4 aromatic carbocycles. The molecule has 0 bridgehead atoms. The Hall–Kier alpha value is -5.20. The molecule has 0 saturated carbocycles. The van der Waals surface area contributed by atoms with Gasteiger partial charge in [0.05, 0.1) is 19.1 Å². The number of ether oxygens (including phenoxy) is 2. The van der Waals surface area contributed by atoms with Crippen molar-refractivity contribution in [3.63, 3.8) is 0 Å². The van der Waals surface area contributed by atoms with Crippen molar-refractivity contribution in [3.05, 3.63) is 138 Å². The highest BCUT2D eigenvalue weighted by molar-refractivity contribution is 6.99. The molecule has 0 spiro atoms. The van der Waals surface area contributed by atoms with E-state index in [0.29, 0.717) is 11.2 Å². The first-order valence-corrected chi connectivity index (χ1v) is 20.7. The van der Waals surface area contributed by atoms with Crippen LogP contribution in [0.3, 0.4) is 0 Å². The number of hydrogen-bond acceptors (Lipinski definition) is 8. The van der Waals surface area contributed by atoms with Crippen molar-refractivity contribution in [3.8, 4) is 11.1 Å². The highest BCUT2D eigenvalue weighted by atomic mass is 35.5. The number of carbonyl (C=O) groups excluding carboxylic acids is 2. The fraction of sp³-hybridized carbons (Fsp3) is 0.279. The van der Waals surface area contributed by atoms with E-state index in [1.165, 1.54) is 36.3 Å². The van der Waals surface area contributed by atoms with Gasteiger partial charge in [-0.1, -0.05) is 136 Å². The lowest BCUT2D eigenvalue weighted by Gasteiger charge is -2.43. The first kappa shape index (κ1) is 36.8. The molecule has 1 aliphatic carbocycles. The molecule has 10 nitrogen and oxygen atoms in total. The second-order valence-electron chi connectivity index (χ2n) is 15.2. The van der Waals surface area contributed by atoms with Crippen molar-refractivity contribution < 1.29 is 23.5 Å². The summed E-state index contributed by atoms with van der Waals surface area (Å²) < 4.78 is 21.9. The number of hydrogen-bond donors (Lipinski definition) is 1. The van der Waals surface area contributed by atoms with Crippen LogP contribution in [0.2, 0.25) is 10.2 Å². The molecule has 12 heteroatoms. The fourth-order valence-corrected chi connectivity index (χ4v) is 13.1. The van der Waals surface area contributed by atoms with Crippen molar-refractivity contribution in [2.45, 2.75) is 70.1 Å². The van der Waals surface area contributed by atoms with Crippen LogP contribution in [0.5, 0.6) is 0 Å². The zero-order valence-corrected chi connectivity index (χ0v) is 32.9. The second kappa shape index (κ2) is 14.5. The molecule has 55 heavy (non-hydrogen) atoms. The molecule has 1 N–H and O–H groups in total. The van der Waals surface area contributed by atoms with E-state index in [0.717, 1.165) is 27.9 Å². The molecule has 1 fully saturated rings. The van der Waals surface area contributed by atoms with E-state index in [1.54, 1.807) is 4.57 Å². The van der Waals surface area contributed by atoms with Gasteiger partial charge in [-0.05, 0) is 49.6 Å². The maximum Gasteiger partial charge on any atom is 0.303 e. The number of rotatable bonds is 10. The first-order valence-electron chi connectivity index (χ1n) is 18.4. The lowest BCUT2D eigenvalue weighted by atomic mass is 10.0. The maximum absolute atomic E-state index is 14.3. The van der Waals surface area contributed by atoms with Crippen molar-refractivity contribution in [1.82, 2.24) is 24.8 Å². The molecule has 0 unspecified atom stereocenters. The van der Waals surface area contributed by atoms with Gasteiger partial charge in [-0.15, -0.1) is 0 Å². The highest BCUT2D eigenvalue weighted by Crippen LogP contribution is 2.42. The third-order valence-electron chi connectivity index (χ3n) is 10.7. The van der Waals surface area contributed by atoms with Gasteiger partial charge < -0.3 is 19.2 Å². The average molecular weight is 772 g/mol. The van der Waals surface area contributed by atoms with Gasteiger partial charge >= 0.3 is 5.97 Å².